The summed E-state index contributed by atoms with van der Waals surface area (Å²) in [6.45, 7) is 5.61. The van der Waals surface area contributed by atoms with E-state index >= 15 is 0 Å². The molecule has 2 aliphatic carbocycles. The third kappa shape index (κ3) is 8.12. The molecule has 0 saturated heterocycles. The molecule has 0 spiro atoms. The molecule has 0 unspecified atom stereocenters. The molecule has 6 nitrogen and oxygen atoms in total. The average molecular weight is 453 g/mol. The number of nitrogens with one attached hydrogen (secondary N) is 1. The van der Waals surface area contributed by atoms with Gasteiger partial charge >= 0.3 is 11.9 Å². The molecule has 0 atom stereocenters. The van der Waals surface area contributed by atoms with Crippen molar-refractivity contribution in [2.24, 2.45) is 11.7 Å². The van der Waals surface area contributed by atoms with Gasteiger partial charge in [-0.25, -0.2) is 4.79 Å². The topological polar surface area (TPSA) is 90.6 Å². The summed E-state index contributed by atoms with van der Waals surface area (Å²) in [5, 5.41) is 3.35. The highest BCUT2D eigenvalue weighted by Crippen LogP contribution is 2.41. The number of hydrogen-bond donors (Lipinski definition) is 2. The normalized spacial score (nSPS) is 17.2. The number of methoxy groups -OCH3 is 1. The molecule has 6 heteroatoms. The second-order valence-corrected chi connectivity index (χ2v) is 9.92. The van der Waals surface area contributed by atoms with E-state index in [1.54, 1.807) is 6.08 Å². The maximum absolute atomic E-state index is 12.5. The summed E-state index contributed by atoms with van der Waals surface area (Å²) in [5.41, 5.74) is 9.08. The molecule has 1 aromatic rings. The van der Waals surface area contributed by atoms with E-state index in [-0.39, 0.29) is 18.4 Å². The Morgan fingerprint density at radius 2 is 1.91 bits per heavy atom. The molecule has 3 N–H and O–H groups in total. The summed E-state index contributed by atoms with van der Waals surface area (Å²) in [5.74, 6) is 0.502. The molecule has 3 rings (SSSR count). The Labute approximate surface area is 196 Å². The lowest BCUT2D eigenvalue weighted by Crippen LogP contribution is -2.24. The molecular weight excluding hydrogens is 416 g/mol. The Hall–Kier alpha value is -3.02. The minimum absolute atomic E-state index is 0.226. The molecule has 0 amide bonds. The van der Waals surface area contributed by atoms with Crippen molar-refractivity contribution in [3.8, 4) is 0 Å². The van der Waals surface area contributed by atoms with Gasteiger partial charge in [-0.05, 0) is 107 Å². The van der Waals surface area contributed by atoms with Crippen LogP contribution in [0.25, 0.3) is 0 Å². The molecule has 0 aromatic heterocycles. The fraction of sp³-hybridized carbons (Fsp3) is 0.481. The molecular formula is C27H36N2O4. The summed E-state index contributed by atoms with van der Waals surface area (Å²) in [4.78, 5) is 25.0. The van der Waals surface area contributed by atoms with Crippen LogP contribution < -0.4 is 11.1 Å². The van der Waals surface area contributed by atoms with Gasteiger partial charge in [0.15, 0.2) is 0 Å². The highest BCUT2D eigenvalue weighted by molar-refractivity contribution is 5.96. The Kier molecular flexibility index (Phi) is 8.01. The predicted octanol–water partition coefficient (Wildman–Crippen LogP) is 5.58. The molecule has 33 heavy (non-hydrogen) atoms. The third-order valence-electron chi connectivity index (χ3n) is 5.56. The number of nitrogens with two attached hydrogens (primary N) is 1. The van der Waals surface area contributed by atoms with Gasteiger partial charge in [0, 0.05) is 5.70 Å². The smallest absolute Gasteiger partial charge is 0.339 e. The van der Waals surface area contributed by atoms with Crippen LogP contribution in [-0.2, 0) is 14.3 Å². The SMILES string of the molecule is COC(=O)c1cc(C2CC2)ccc1NC(/C=C(/CC(=O)OC(C)(C)C)CC1CC1)=C/C=C/N. The van der Waals surface area contributed by atoms with Gasteiger partial charge in [-0.15, -0.1) is 0 Å². The lowest BCUT2D eigenvalue weighted by atomic mass is 10.0. The number of ether oxygens (including phenoxy) is 2. The minimum atomic E-state index is -0.528. The monoisotopic (exact) mass is 452 g/mol. The van der Waals surface area contributed by atoms with Crippen molar-refractivity contribution in [3.63, 3.8) is 0 Å². The predicted molar refractivity (Wildman–Crippen MR) is 131 cm³/mol. The van der Waals surface area contributed by atoms with Crippen molar-refractivity contribution in [1.82, 2.24) is 0 Å². The molecule has 2 aliphatic rings. The number of allylic oxidation sites excluding steroid dienone is 3. The van der Waals surface area contributed by atoms with Gasteiger partial charge in [-0.2, -0.15) is 0 Å². The second-order valence-electron chi connectivity index (χ2n) is 9.92. The van der Waals surface area contributed by atoms with Crippen LogP contribution in [0.2, 0.25) is 0 Å². The summed E-state index contributed by atoms with van der Waals surface area (Å²) < 4.78 is 10.6. The van der Waals surface area contributed by atoms with Crippen molar-refractivity contribution in [3.05, 3.63) is 65.0 Å². The number of hydrogen-bond acceptors (Lipinski definition) is 6. The zero-order chi connectivity index (χ0) is 24.0. The first-order valence-corrected chi connectivity index (χ1v) is 11.7. The first-order valence-electron chi connectivity index (χ1n) is 11.7. The Morgan fingerprint density at radius 1 is 1.18 bits per heavy atom. The lowest BCUT2D eigenvalue weighted by molar-refractivity contribution is -0.153. The van der Waals surface area contributed by atoms with E-state index in [0.717, 1.165) is 36.1 Å². The van der Waals surface area contributed by atoms with Crippen LogP contribution in [0.5, 0.6) is 0 Å². The van der Waals surface area contributed by atoms with Crippen LogP contribution >= 0.6 is 0 Å². The zero-order valence-corrected chi connectivity index (χ0v) is 20.1. The van der Waals surface area contributed by atoms with E-state index in [4.69, 9.17) is 15.2 Å². The van der Waals surface area contributed by atoms with Crippen molar-refractivity contribution >= 4 is 17.6 Å². The molecule has 1 aromatic carbocycles. The number of esters is 2. The second kappa shape index (κ2) is 10.7. The Balaban J connectivity index is 1.88. The van der Waals surface area contributed by atoms with Crippen LogP contribution in [0, 0.1) is 5.92 Å². The number of rotatable bonds is 10. The van der Waals surface area contributed by atoms with E-state index in [0.29, 0.717) is 23.1 Å². The van der Waals surface area contributed by atoms with E-state index in [9.17, 15) is 9.59 Å². The standard InChI is InChI=1S/C27H36N2O4/c1-27(2,3)33-25(30)16-19(14-18-7-8-18)15-22(6-5-13-28)29-24-12-11-21(20-9-10-20)17-23(24)26(31)32-4/h5-6,11-13,15,17-18,20,29H,7-10,14,16,28H2,1-4H3/b13-5+,19-15+,22-6+. The van der Waals surface area contributed by atoms with Gasteiger partial charge in [0.25, 0.3) is 0 Å². The maximum Gasteiger partial charge on any atom is 0.339 e. The van der Waals surface area contributed by atoms with Gasteiger partial charge in [0.05, 0.1) is 24.8 Å². The summed E-state index contributed by atoms with van der Waals surface area (Å²) >= 11 is 0. The lowest BCUT2D eigenvalue weighted by Gasteiger charge is -2.20. The van der Waals surface area contributed by atoms with Crippen molar-refractivity contribution in [1.29, 1.82) is 0 Å². The van der Waals surface area contributed by atoms with Gasteiger partial charge in [-0.3, -0.25) is 4.79 Å². The maximum atomic E-state index is 12.5. The molecule has 0 bridgehead atoms. The fourth-order valence-corrected chi connectivity index (χ4v) is 3.72. The number of anilines is 1. The van der Waals surface area contributed by atoms with Crippen LogP contribution in [0.4, 0.5) is 5.69 Å². The summed E-state index contributed by atoms with van der Waals surface area (Å²) in [6, 6.07) is 5.89. The molecule has 0 aliphatic heterocycles. The zero-order valence-electron chi connectivity index (χ0n) is 20.1. The van der Waals surface area contributed by atoms with Crippen LogP contribution in [0.3, 0.4) is 0 Å². The van der Waals surface area contributed by atoms with E-state index in [1.165, 1.54) is 26.2 Å². The third-order valence-corrected chi connectivity index (χ3v) is 5.56. The average Bonchev–Trinajstić information content (AvgIpc) is 3.64. The minimum Gasteiger partial charge on any atom is -0.465 e. The molecule has 0 radical (unpaired) electrons. The Morgan fingerprint density at radius 3 is 2.48 bits per heavy atom. The highest BCUT2D eigenvalue weighted by Gasteiger charge is 2.27. The fourth-order valence-electron chi connectivity index (χ4n) is 3.72. The van der Waals surface area contributed by atoms with Crippen LogP contribution in [0.15, 0.2) is 53.9 Å². The van der Waals surface area contributed by atoms with Crippen LogP contribution in [-0.4, -0.2) is 24.6 Å². The van der Waals surface area contributed by atoms with E-state index in [1.807, 2.05) is 45.1 Å². The van der Waals surface area contributed by atoms with E-state index < -0.39 is 5.60 Å². The summed E-state index contributed by atoms with van der Waals surface area (Å²) in [7, 11) is 1.39. The highest BCUT2D eigenvalue weighted by atomic mass is 16.6. The van der Waals surface area contributed by atoms with Crippen molar-refractivity contribution in [2.45, 2.75) is 70.8 Å². The molecule has 0 heterocycles. The first kappa shape index (κ1) is 24.6. The Bertz CT molecular complexity index is 961. The quantitative estimate of drug-likeness (QED) is 0.356. The van der Waals surface area contributed by atoms with E-state index in [2.05, 4.69) is 11.4 Å². The van der Waals surface area contributed by atoms with Gasteiger partial charge < -0.3 is 20.5 Å². The largest absolute Gasteiger partial charge is 0.465 e. The van der Waals surface area contributed by atoms with Gasteiger partial charge in [0.1, 0.15) is 5.60 Å². The van der Waals surface area contributed by atoms with Gasteiger partial charge in [0.2, 0.25) is 0 Å². The number of carbonyl (C=O) groups excluding carboxylic acids is 2. The molecule has 178 valence electrons. The van der Waals surface area contributed by atoms with Crippen LogP contribution in [0.1, 0.15) is 81.1 Å². The molecule has 2 fully saturated rings. The van der Waals surface area contributed by atoms with Crippen molar-refractivity contribution in [2.75, 3.05) is 12.4 Å². The number of carbonyl (C=O) groups is 2. The van der Waals surface area contributed by atoms with Gasteiger partial charge in [-0.1, -0.05) is 11.6 Å². The molecule has 2 saturated carbocycles. The number of benzene rings is 1. The summed E-state index contributed by atoms with van der Waals surface area (Å²) in [6.07, 6.45) is 12.7. The van der Waals surface area contributed by atoms with Crippen molar-refractivity contribution < 1.29 is 19.1 Å². The first-order chi connectivity index (χ1) is 15.7.